The van der Waals surface area contributed by atoms with Gasteiger partial charge in [-0.25, -0.2) is 4.57 Å². The predicted molar refractivity (Wildman–Crippen MR) is 70.1 cm³/mol. The Kier molecular flexibility index (Phi) is 4.43. The highest BCUT2D eigenvalue weighted by atomic mass is 32.7. The molecule has 0 aromatic heterocycles. The molecule has 1 atom stereocenters. The lowest BCUT2D eigenvalue weighted by Gasteiger charge is -2.13. The molecule has 96 valence electrons. The number of amides is 1. The molecule has 1 amide bonds. The van der Waals surface area contributed by atoms with Crippen LogP contribution in [-0.4, -0.2) is 43.8 Å². The van der Waals surface area contributed by atoms with Crippen molar-refractivity contribution in [2.24, 2.45) is 0 Å². The summed E-state index contributed by atoms with van der Waals surface area (Å²) in [5, 5.41) is 2.11. The van der Waals surface area contributed by atoms with Crippen LogP contribution in [0, 0.1) is 0 Å². The number of carbonyl (C=O) groups is 1. The molecule has 0 spiro atoms. The Hall–Kier alpha value is 0.320. The molecule has 1 N–H and O–H groups in total. The van der Waals surface area contributed by atoms with Crippen LogP contribution in [0.15, 0.2) is 0 Å². The van der Waals surface area contributed by atoms with Gasteiger partial charge in [-0.1, -0.05) is 0 Å². The molecule has 8 heteroatoms. The van der Waals surface area contributed by atoms with Gasteiger partial charge in [-0.2, -0.15) is 0 Å². The minimum atomic E-state index is -4.38. The minimum Gasteiger partial charge on any atom is -0.358 e. The predicted octanol–water partition coefficient (Wildman–Crippen LogP) is 1.99. The molecule has 0 aromatic carbocycles. The summed E-state index contributed by atoms with van der Waals surface area (Å²) in [4.78, 5) is 11.3. The van der Waals surface area contributed by atoms with Crippen molar-refractivity contribution in [2.75, 3.05) is 32.6 Å². The first-order valence-corrected chi connectivity index (χ1v) is 8.45. The summed E-state index contributed by atoms with van der Waals surface area (Å²) in [6.45, 7) is -2.70. The zero-order valence-corrected chi connectivity index (χ0v) is 11.4. The van der Waals surface area contributed by atoms with Gasteiger partial charge >= 0.3 is 6.80 Å². The molecular formula is C8H18NO4PS2. The molecule has 0 saturated heterocycles. The fourth-order valence-electron chi connectivity index (χ4n) is 0.724. The second-order valence-electron chi connectivity index (χ2n) is 2.59. The first kappa shape index (κ1) is 8.43. The summed E-state index contributed by atoms with van der Waals surface area (Å²) in [6, 6.07) is 0. The Morgan fingerprint density at radius 2 is 2.12 bits per heavy atom. The molecule has 0 saturated carbocycles. The number of rotatable bonds is 8. The number of hydrogen-bond acceptors (Lipinski definition) is 6. The maximum absolute atomic E-state index is 12.2. The zero-order chi connectivity index (χ0) is 17.6. The van der Waals surface area contributed by atoms with Crippen molar-refractivity contribution in [1.29, 1.82) is 0 Å². The molecule has 0 aromatic rings. The summed E-state index contributed by atoms with van der Waals surface area (Å²) >= 11 is 1.72. The van der Waals surface area contributed by atoms with E-state index in [1.807, 2.05) is 0 Å². The van der Waals surface area contributed by atoms with E-state index in [2.05, 4.69) is 14.4 Å². The summed E-state index contributed by atoms with van der Waals surface area (Å²) in [6.07, 6.45) is 0. The fraction of sp³-hybridized carbons (Fsp3) is 0.875. The summed E-state index contributed by atoms with van der Waals surface area (Å²) < 4.78 is 62.4. The van der Waals surface area contributed by atoms with E-state index >= 15 is 0 Å². The molecule has 0 aliphatic rings. The molecule has 0 heterocycles. The maximum atomic E-state index is 12.2. The first-order chi connectivity index (χ1) is 9.78. The highest BCUT2D eigenvalue weighted by Crippen LogP contribution is 2.59. The van der Waals surface area contributed by atoms with Crippen molar-refractivity contribution >= 4 is 35.8 Å². The highest BCUT2D eigenvalue weighted by molar-refractivity contribution is 8.55. The van der Waals surface area contributed by atoms with Crippen LogP contribution in [-0.2, 0) is 18.4 Å². The number of hydrogen-bond donors (Lipinski definition) is 1. The Bertz CT molecular complexity index is 398. The Labute approximate surface area is 113 Å². The Morgan fingerprint density at radius 3 is 2.62 bits per heavy atom. The Balaban J connectivity index is 4.55. The van der Waals surface area contributed by atoms with Gasteiger partial charge in [0.05, 0.1) is 13.5 Å². The van der Waals surface area contributed by atoms with E-state index < -0.39 is 20.9 Å². The van der Waals surface area contributed by atoms with Gasteiger partial charge in [-0.3, -0.25) is 4.79 Å². The molecular weight excluding hydrogens is 269 g/mol. The van der Waals surface area contributed by atoms with Crippen LogP contribution in [0.2, 0.25) is 0 Å². The van der Waals surface area contributed by atoms with Crippen molar-refractivity contribution in [3.05, 3.63) is 0 Å². The maximum Gasteiger partial charge on any atom is 0.388 e. The summed E-state index contributed by atoms with van der Waals surface area (Å²) in [7, 11) is -4.59. The van der Waals surface area contributed by atoms with Crippen molar-refractivity contribution < 1.29 is 26.6 Å². The molecule has 0 fully saturated rings. The SMILES string of the molecule is [2H]C([2H])([2H])OP(=O)(OC([2H])([2H])[2H])SCCSC(C)C(=O)NC. The average molecular weight is 293 g/mol. The molecule has 0 bridgehead atoms. The normalized spacial score (nSPS) is 20.6. The number of carbonyl (C=O) groups excluding carboxylic acids is 1. The largest absolute Gasteiger partial charge is 0.388 e. The van der Waals surface area contributed by atoms with Gasteiger partial charge in [0, 0.05) is 32.6 Å². The Morgan fingerprint density at radius 1 is 1.50 bits per heavy atom. The monoisotopic (exact) mass is 293 g/mol. The standard InChI is InChI=1S/C8H18NO4PS2/c1-7(8(10)9-2)15-5-6-16-14(11,12-3)13-4/h7H,5-6H2,1-4H3,(H,9,10)/i3D3,4D3. The molecule has 0 aliphatic carbocycles. The lowest BCUT2D eigenvalue weighted by molar-refractivity contribution is -0.119. The van der Waals surface area contributed by atoms with E-state index in [-0.39, 0.29) is 16.9 Å². The highest BCUT2D eigenvalue weighted by Gasteiger charge is 2.21. The molecule has 5 nitrogen and oxygen atoms in total. The van der Waals surface area contributed by atoms with Crippen LogP contribution in [0.3, 0.4) is 0 Å². The lowest BCUT2D eigenvalue weighted by Crippen LogP contribution is -2.27. The third-order valence-electron chi connectivity index (χ3n) is 1.54. The van der Waals surface area contributed by atoms with Gasteiger partial charge in [0.2, 0.25) is 5.91 Å². The smallest absolute Gasteiger partial charge is 0.358 e. The second kappa shape index (κ2) is 8.42. The van der Waals surface area contributed by atoms with E-state index in [9.17, 15) is 9.36 Å². The molecule has 0 rings (SSSR count). The van der Waals surface area contributed by atoms with E-state index in [0.717, 1.165) is 0 Å². The van der Waals surface area contributed by atoms with Gasteiger partial charge in [0.1, 0.15) is 0 Å². The van der Waals surface area contributed by atoms with Crippen LogP contribution >= 0.6 is 29.9 Å². The second-order valence-corrected chi connectivity index (χ2v) is 8.08. The first-order valence-electron chi connectivity index (χ1n) is 7.27. The number of nitrogens with one attached hydrogen (secondary N) is 1. The minimum absolute atomic E-state index is 0.0927. The van der Waals surface area contributed by atoms with Crippen molar-refractivity contribution in [1.82, 2.24) is 5.32 Å². The molecule has 16 heavy (non-hydrogen) atoms. The number of thioether (sulfide) groups is 1. The van der Waals surface area contributed by atoms with E-state index in [1.54, 1.807) is 6.92 Å². The topological polar surface area (TPSA) is 64.6 Å². The molecule has 1 unspecified atom stereocenters. The van der Waals surface area contributed by atoms with Gasteiger partial charge in [-0.15, -0.1) is 11.8 Å². The van der Waals surface area contributed by atoms with Crippen LogP contribution < -0.4 is 5.32 Å². The van der Waals surface area contributed by atoms with Crippen LogP contribution in [0.1, 0.15) is 15.1 Å². The average Bonchev–Trinajstić information content (AvgIpc) is 2.28. The fourth-order valence-corrected chi connectivity index (χ4v) is 4.05. The third-order valence-corrected chi connectivity index (χ3v) is 6.05. The summed E-state index contributed by atoms with van der Waals surface area (Å²) in [5.74, 6) is 0.239. The molecule has 0 aliphatic heterocycles. The van der Waals surface area contributed by atoms with E-state index in [4.69, 9.17) is 8.22 Å². The zero-order valence-electron chi connectivity index (χ0n) is 14.9. The van der Waals surface area contributed by atoms with Crippen LogP contribution in [0.4, 0.5) is 0 Å². The quantitative estimate of drug-likeness (QED) is 0.545. The van der Waals surface area contributed by atoms with Gasteiger partial charge in [-0.05, 0) is 18.3 Å². The van der Waals surface area contributed by atoms with Crippen molar-refractivity contribution in [2.45, 2.75) is 12.2 Å². The van der Waals surface area contributed by atoms with Gasteiger partial charge < -0.3 is 14.4 Å². The lowest BCUT2D eigenvalue weighted by atomic mass is 10.4. The van der Waals surface area contributed by atoms with Crippen molar-refractivity contribution in [3.8, 4) is 0 Å². The van der Waals surface area contributed by atoms with E-state index in [1.165, 1.54) is 18.8 Å². The van der Waals surface area contributed by atoms with Crippen LogP contribution in [0.25, 0.3) is 0 Å². The van der Waals surface area contributed by atoms with Gasteiger partial charge in [0.25, 0.3) is 0 Å². The third kappa shape index (κ3) is 6.15. The van der Waals surface area contributed by atoms with E-state index in [0.29, 0.717) is 17.1 Å². The van der Waals surface area contributed by atoms with Gasteiger partial charge in [0.15, 0.2) is 0 Å². The van der Waals surface area contributed by atoms with Crippen LogP contribution in [0.5, 0.6) is 0 Å². The summed E-state index contributed by atoms with van der Waals surface area (Å²) in [5.41, 5.74) is 0. The molecule has 0 radical (unpaired) electrons. The van der Waals surface area contributed by atoms with Crippen molar-refractivity contribution in [3.63, 3.8) is 0 Å².